The molecule has 0 aromatic heterocycles. The fraction of sp³-hybridized carbons (Fsp3) is 0.333. The SMILES string of the molecule is Cc1ccc(C(=O)NCC2CN(c3ccc(C)c(C)c3)C(=O)CO2)cc1. The van der Waals surface area contributed by atoms with Crippen LogP contribution < -0.4 is 10.2 Å². The summed E-state index contributed by atoms with van der Waals surface area (Å²) in [5, 5.41) is 2.89. The predicted octanol–water partition coefficient (Wildman–Crippen LogP) is 2.77. The molecule has 2 aromatic rings. The van der Waals surface area contributed by atoms with Crippen molar-refractivity contribution >= 4 is 17.5 Å². The third-order valence-corrected chi connectivity index (χ3v) is 4.74. The van der Waals surface area contributed by atoms with Crippen molar-refractivity contribution in [2.45, 2.75) is 26.9 Å². The van der Waals surface area contributed by atoms with E-state index in [2.05, 4.69) is 5.32 Å². The van der Waals surface area contributed by atoms with Crippen molar-refractivity contribution in [3.05, 3.63) is 64.7 Å². The van der Waals surface area contributed by atoms with Gasteiger partial charge in [0.25, 0.3) is 11.8 Å². The molecule has 1 aliphatic rings. The summed E-state index contributed by atoms with van der Waals surface area (Å²) in [6.45, 7) is 6.87. The largest absolute Gasteiger partial charge is 0.365 e. The van der Waals surface area contributed by atoms with Crippen LogP contribution in [0.2, 0.25) is 0 Å². The first-order valence-corrected chi connectivity index (χ1v) is 8.78. The van der Waals surface area contributed by atoms with Crippen molar-refractivity contribution in [1.29, 1.82) is 0 Å². The molecule has 0 saturated carbocycles. The number of carbonyl (C=O) groups is 2. The van der Waals surface area contributed by atoms with Gasteiger partial charge in [0.15, 0.2) is 0 Å². The van der Waals surface area contributed by atoms with Crippen LogP contribution in [0.1, 0.15) is 27.0 Å². The molecule has 136 valence electrons. The number of anilines is 1. The summed E-state index contributed by atoms with van der Waals surface area (Å²) >= 11 is 0. The van der Waals surface area contributed by atoms with E-state index in [1.54, 1.807) is 17.0 Å². The summed E-state index contributed by atoms with van der Waals surface area (Å²) in [6.07, 6.45) is -0.233. The maximum absolute atomic E-state index is 12.2. The van der Waals surface area contributed by atoms with E-state index in [1.807, 2.05) is 51.1 Å². The molecule has 5 nitrogen and oxygen atoms in total. The zero-order valence-corrected chi connectivity index (χ0v) is 15.4. The van der Waals surface area contributed by atoms with Crippen LogP contribution in [-0.4, -0.2) is 37.6 Å². The van der Waals surface area contributed by atoms with E-state index in [0.717, 1.165) is 16.8 Å². The van der Waals surface area contributed by atoms with E-state index in [-0.39, 0.29) is 24.5 Å². The van der Waals surface area contributed by atoms with Crippen molar-refractivity contribution in [2.75, 3.05) is 24.6 Å². The summed E-state index contributed by atoms with van der Waals surface area (Å²) in [5.74, 6) is -0.197. The molecule has 1 saturated heterocycles. The fourth-order valence-electron chi connectivity index (χ4n) is 2.91. The zero-order chi connectivity index (χ0) is 18.7. The number of carbonyl (C=O) groups excluding carboxylic acids is 2. The van der Waals surface area contributed by atoms with Crippen molar-refractivity contribution in [1.82, 2.24) is 5.32 Å². The van der Waals surface area contributed by atoms with Crippen LogP contribution in [0.15, 0.2) is 42.5 Å². The van der Waals surface area contributed by atoms with Crippen molar-refractivity contribution < 1.29 is 14.3 Å². The van der Waals surface area contributed by atoms with Gasteiger partial charge in [-0.2, -0.15) is 0 Å². The summed E-state index contributed by atoms with van der Waals surface area (Å²) in [7, 11) is 0. The Morgan fingerprint density at radius 1 is 1.12 bits per heavy atom. The number of rotatable bonds is 4. The third kappa shape index (κ3) is 4.11. The molecule has 1 atom stereocenters. The molecular formula is C21H24N2O3. The minimum absolute atomic E-state index is 0.0258. The Morgan fingerprint density at radius 2 is 1.85 bits per heavy atom. The van der Waals surface area contributed by atoms with Gasteiger partial charge in [0.2, 0.25) is 0 Å². The van der Waals surface area contributed by atoms with Gasteiger partial charge in [-0.1, -0.05) is 23.8 Å². The van der Waals surface area contributed by atoms with E-state index in [1.165, 1.54) is 5.56 Å². The number of ether oxygens (including phenoxy) is 1. The predicted molar refractivity (Wildman–Crippen MR) is 102 cm³/mol. The third-order valence-electron chi connectivity index (χ3n) is 4.74. The van der Waals surface area contributed by atoms with Crippen LogP contribution in [0, 0.1) is 20.8 Å². The summed E-state index contributed by atoms with van der Waals surface area (Å²) in [4.78, 5) is 26.2. The molecule has 1 aliphatic heterocycles. The second-order valence-electron chi connectivity index (χ2n) is 6.78. The summed E-state index contributed by atoms with van der Waals surface area (Å²) < 4.78 is 5.60. The maximum Gasteiger partial charge on any atom is 0.253 e. The van der Waals surface area contributed by atoms with Gasteiger partial charge in [-0.3, -0.25) is 9.59 Å². The standard InChI is InChI=1S/C21H24N2O3/c1-14-4-7-17(8-5-14)21(25)22-11-19-12-23(20(24)13-26-19)18-9-6-15(2)16(3)10-18/h4-10,19H,11-13H2,1-3H3,(H,22,25). The molecule has 2 aromatic carbocycles. The van der Waals surface area contributed by atoms with E-state index in [4.69, 9.17) is 4.74 Å². The number of nitrogens with zero attached hydrogens (tertiary/aromatic N) is 1. The van der Waals surface area contributed by atoms with Crippen LogP contribution in [0.5, 0.6) is 0 Å². The summed E-state index contributed by atoms with van der Waals surface area (Å²) in [6, 6.07) is 13.4. The average Bonchev–Trinajstić information content (AvgIpc) is 2.63. The molecule has 1 fully saturated rings. The number of aryl methyl sites for hydroxylation is 3. The van der Waals surface area contributed by atoms with Crippen LogP contribution in [-0.2, 0) is 9.53 Å². The second-order valence-corrected chi connectivity index (χ2v) is 6.78. The first kappa shape index (κ1) is 18.1. The minimum Gasteiger partial charge on any atom is -0.365 e. The Kier molecular flexibility index (Phi) is 5.38. The number of hydrogen-bond acceptors (Lipinski definition) is 3. The van der Waals surface area contributed by atoms with E-state index >= 15 is 0 Å². The van der Waals surface area contributed by atoms with Gasteiger partial charge < -0.3 is 15.0 Å². The lowest BCUT2D eigenvalue weighted by Crippen LogP contribution is -2.50. The molecule has 26 heavy (non-hydrogen) atoms. The van der Waals surface area contributed by atoms with Gasteiger partial charge in [0.1, 0.15) is 6.61 Å². The number of nitrogens with one attached hydrogen (secondary N) is 1. The lowest BCUT2D eigenvalue weighted by Gasteiger charge is -2.33. The molecule has 1 N–H and O–H groups in total. The lowest BCUT2D eigenvalue weighted by molar-refractivity contribution is -0.129. The topological polar surface area (TPSA) is 58.6 Å². The highest BCUT2D eigenvalue weighted by Gasteiger charge is 2.28. The molecule has 5 heteroatoms. The molecule has 2 amide bonds. The number of hydrogen-bond donors (Lipinski definition) is 1. The zero-order valence-electron chi connectivity index (χ0n) is 15.4. The van der Waals surface area contributed by atoms with E-state index < -0.39 is 0 Å². The average molecular weight is 352 g/mol. The highest BCUT2D eigenvalue weighted by Crippen LogP contribution is 2.21. The Bertz CT molecular complexity index is 815. The van der Waals surface area contributed by atoms with Crippen LogP contribution in [0.4, 0.5) is 5.69 Å². The first-order valence-electron chi connectivity index (χ1n) is 8.78. The molecular weight excluding hydrogens is 328 g/mol. The molecule has 0 bridgehead atoms. The van der Waals surface area contributed by atoms with Crippen molar-refractivity contribution in [3.63, 3.8) is 0 Å². The first-order chi connectivity index (χ1) is 12.4. The maximum atomic E-state index is 12.2. The molecule has 0 aliphatic carbocycles. The second kappa shape index (κ2) is 7.70. The Labute approximate surface area is 154 Å². The van der Waals surface area contributed by atoms with Crippen LogP contribution >= 0.6 is 0 Å². The quantitative estimate of drug-likeness (QED) is 0.920. The number of benzene rings is 2. The number of amides is 2. The molecule has 0 spiro atoms. The highest BCUT2D eigenvalue weighted by atomic mass is 16.5. The monoisotopic (exact) mass is 352 g/mol. The smallest absolute Gasteiger partial charge is 0.253 e. The lowest BCUT2D eigenvalue weighted by atomic mass is 10.1. The van der Waals surface area contributed by atoms with Gasteiger partial charge >= 0.3 is 0 Å². The minimum atomic E-state index is -0.233. The fourth-order valence-corrected chi connectivity index (χ4v) is 2.91. The summed E-state index contributed by atoms with van der Waals surface area (Å²) in [5.41, 5.74) is 4.94. The van der Waals surface area contributed by atoms with Gasteiger partial charge in [0.05, 0.1) is 12.6 Å². The number of morpholine rings is 1. The van der Waals surface area contributed by atoms with Crippen molar-refractivity contribution in [2.24, 2.45) is 0 Å². The molecule has 3 rings (SSSR count). The van der Waals surface area contributed by atoms with Gasteiger partial charge in [0, 0.05) is 17.8 Å². The Balaban J connectivity index is 1.62. The van der Waals surface area contributed by atoms with E-state index in [0.29, 0.717) is 18.7 Å². The van der Waals surface area contributed by atoms with Crippen LogP contribution in [0.3, 0.4) is 0 Å². The van der Waals surface area contributed by atoms with Crippen LogP contribution in [0.25, 0.3) is 0 Å². The molecule has 1 unspecified atom stereocenters. The van der Waals surface area contributed by atoms with Gasteiger partial charge in [-0.25, -0.2) is 0 Å². The molecule has 1 heterocycles. The van der Waals surface area contributed by atoms with E-state index in [9.17, 15) is 9.59 Å². The Morgan fingerprint density at radius 3 is 2.54 bits per heavy atom. The normalized spacial score (nSPS) is 17.3. The Hall–Kier alpha value is -2.66. The van der Waals surface area contributed by atoms with Crippen molar-refractivity contribution in [3.8, 4) is 0 Å². The van der Waals surface area contributed by atoms with Gasteiger partial charge in [-0.15, -0.1) is 0 Å². The molecule has 0 radical (unpaired) electrons. The highest BCUT2D eigenvalue weighted by molar-refractivity contribution is 5.95. The van der Waals surface area contributed by atoms with Gasteiger partial charge in [-0.05, 0) is 56.2 Å².